The minimum absolute atomic E-state index is 0.0196. The summed E-state index contributed by atoms with van der Waals surface area (Å²) in [7, 11) is 3.52. The highest BCUT2D eigenvalue weighted by atomic mass is 16.2. The summed E-state index contributed by atoms with van der Waals surface area (Å²) in [6.45, 7) is 8.77. The van der Waals surface area contributed by atoms with Crippen molar-refractivity contribution in [3.05, 3.63) is 35.4 Å². The quantitative estimate of drug-likeness (QED) is 0.522. The number of amides is 1. The lowest BCUT2D eigenvalue weighted by molar-refractivity contribution is 0.0827. The van der Waals surface area contributed by atoms with Crippen molar-refractivity contribution >= 4 is 11.9 Å². The van der Waals surface area contributed by atoms with Crippen LogP contribution in [0.15, 0.2) is 29.3 Å². The van der Waals surface area contributed by atoms with Crippen LogP contribution in [0.25, 0.3) is 0 Å². The zero-order valence-electron chi connectivity index (χ0n) is 16.6. The van der Waals surface area contributed by atoms with Gasteiger partial charge in [-0.15, -0.1) is 0 Å². The molecule has 1 amide bonds. The van der Waals surface area contributed by atoms with E-state index in [-0.39, 0.29) is 5.91 Å². The first-order valence-electron chi connectivity index (χ1n) is 9.62. The van der Waals surface area contributed by atoms with Crippen LogP contribution >= 0.6 is 0 Å². The van der Waals surface area contributed by atoms with Crippen LogP contribution in [0.1, 0.15) is 42.6 Å². The zero-order valence-corrected chi connectivity index (χ0v) is 16.6. The molecule has 1 saturated carbocycles. The van der Waals surface area contributed by atoms with Crippen LogP contribution < -0.4 is 10.6 Å². The number of guanidine groups is 1. The van der Waals surface area contributed by atoms with Crippen LogP contribution in [0.4, 0.5) is 0 Å². The number of carbonyl (C=O) groups excluding carboxylic acids is 1. The Kier molecular flexibility index (Phi) is 7.91. The Balaban J connectivity index is 1.86. The van der Waals surface area contributed by atoms with Crippen LogP contribution in [0.3, 0.4) is 0 Å². The van der Waals surface area contributed by atoms with E-state index in [2.05, 4.69) is 34.4 Å². The van der Waals surface area contributed by atoms with Gasteiger partial charge in [0.1, 0.15) is 0 Å². The van der Waals surface area contributed by atoms with Gasteiger partial charge in [-0.1, -0.05) is 19.1 Å². The highest BCUT2D eigenvalue weighted by Crippen LogP contribution is 2.25. The molecule has 0 unspecified atom stereocenters. The molecule has 0 bridgehead atoms. The lowest BCUT2D eigenvalue weighted by Crippen LogP contribution is -2.42. The molecule has 0 aromatic heterocycles. The molecule has 1 aromatic rings. The Morgan fingerprint density at radius 1 is 1.15 bits per heavy atom. The van der Waals surface area contributed by atoms with Crippen molar-refractivity contribution in [2.24, 2.45) is 4.99 Å². The summed E-state index contributed by atoms with van der Waals surface area (Å²) < 4.78 is 0. The first kappa shape index (κ1) is 20.2. The fourth-order valence-electron chi connectivity index (χ4n) is 2.88. The fourth-order valence-corrected chi connectivity index (χ4v) is 2.88. The van der Waals surface area contributed by atoms with Crippen molar-refractivity contribution in [1.82, 2.24) is 20.4 Å². The molecule has 6 heteroatoms. The molecule has 2 N–H and O–H groups in total. The van der Waals surface area contributed by atoms with Gasteiger partial charge in [0.15, 0.2) is 5.96 Å². The molecule has 0 atom stereocenters. The number of rotatable bonds is 9. The maximum absolute atomic E-state index is 11.9. The van der Waals surface area contributed by atoms with E-state index in [0.29, 0.717) is 12.1 Å². The molecular formula is C20H33N5O. The van der Waals surface area contributed by atoms with E-state index in [4.69, 9.17) is 0 Å². The molecule has 1 aliphatic rings. The van der Waals surface area contributed by atoms with Gasteiger partial charge in [0.2, 0.25) is 0 Å². The molecule has 0 aliphatic heterocycles. The lowest BCUT2D eigenvalue weighted by atomic mass is 10.1. The van der Waals surface area contributed by atoms with Crippen molar-refractivity contribution in [2.75, 3.05) is 40.3 Å². The predicted molar refractivity (Wildman–Crippen MR) is 108 cm³/mol. The normalized spacial score (nSPS) is 14.4. The summed E-state index contributed by atoms with van der Waals surface area (Å²) >= 11 is 0. The molecule has 6 nitrogen and oxygen atoms in total. The SMILES string of the molecule is CCNC(=NCc1ccc(C(=O)N(C)C)cc1)NCCN(CC)C1CC1. The minimum Gasteiger partial charge on any atom is -0.357 e. The van der Waals surface area contributed by atoms with Gasteiger partial charge in [0.25, 0.3) is 5.91 Å². The average molecular weight is 360 g/mol. The topological polar surface area (TPSA) is 60.0 Å². The number of nitrogens with one attached hydrogen (secondary N) is 2. The second-order valence-electron chi connectivity index (χ2n) is 6.88. The minimum atomic E-state index is 0.0196. The number of carbonyl (C=O) groups is 1. The van der Waals surface area contributed by atoms with E-state index in [0.717, 1.165) is 43.7 Å². The van der Waals surface area contributed by atoms with Gasteiger partial charge in [0, 0.05) is 45.3 Å². The summed E-state index contributed by atoms with van der Waals surface area (Å²) in [4.78, 5) is 20.7. The molecule has 0 radical (unpaired) electrons. The van der Waals surface area contributed by atoms with Crippen molar-refractivity contribution in [1.29, 1.82) is 0 Å². The molecule has 0 heterocycles. The van der Waals surface area contributed by atoms with Crippen molar-refractivity contribution in [3.63, 3.8) is 0 Å². The second kappa shape index (κ2) is 10.2. The van der Waals surface area contributed by atoms with Crippen LogP contribution in [-0.2, 0) is 6.54 Å². The first-order valence-corrected chi connectivity index (χ1v) is 9.62. The van der Waals surface area contributed by atoms with Gasteiger partial charge in [-0.3, -0.25) is 9.69 Å². The van der Waals surface area contributed by atoms with Crippen molar-refractivity contribution in [3.8, 4) is 0 Å². The Bertz CT molecular complexity index is 593. The number of hydrogen-bond acceptors (Lipinski definition) is 3. The third-order valence-corrected chi connectivity index (χ3v) is 4.53. The van der Waals surface area contributed by atoms with Gasteiger partial charge < -0.3 is 15.5 Å². The Morgan fingerprint density at radius 3 is 2.38 bits per heavy atom. The van der Waals surface area contributed by atoms with Crippen LogP contribution in [-0.4, -0.2) is 68.0 Å². The van der Waals surface area contributed by atoms with Gasteiger partial charge in [-0.25, -0.2) is 4.99 Å². The third kappa shape index (κ3) is 6.33. The van der Waals surface area contributed by atoms with Crippen LogP contribution in [0.5, 0.6) is 0 Å². The number of benzene rings is 1. The molecule has 1 fully saturated rings. The Hall–Kier alpha value is -2.08. The summed E-state index contributed by atoms with van der Waals surface area (Å²) in [5, 5.41) is 6.71. The summed E-state index contributed by atoms with van der Waals surface area (Å²) in [5.74, 6) is 0.860. The highest BCUT2D eigenvalue weighted by molar-refractivity contribution is 5.93. The molecule has 144 valence electrons. The number of nitrogens with zero attached hydrogens (tertiary/aromatic N) is 3. The first-order chi connectivity index (χ1) is 12.5. The number of aliphatic imine (C=N–C) groups is 1. The average Bonchev–Trinajstić information content (AvgIpc) is 3.48. The number of likely N-dealkylation sites (N-methyl/N-ethyl adjacent to an activating group) is 1. The zero-order chi connectivity index (χ0) is 18.9. The van der Waals surface area contributed by atoms with E-state index >= 15 is 0 Å². The Morgan fingerprint density at radius 2 is 1.85 bits per heavy atom. The maximum atomic E-state index is 11.9. The van der Waals surface area contributed by atoms with Crippen molar-refractivity contribution in [2.45, 2.75) is 39.3 Å². The molecule has 26 heavy (non-hydrogen) atoms. The van der Waals surface area contributed by atoms with Crippen molar-refractivity contribution < 1.29 is 4.79 Å². The molecule has 1 aromatic carbocycles. The molecule has 0 spiro atoms. The van der Waals surface area contributed by atoms with Gasteiger partial charge in [0.05, 0.1) is 6.54 Å². The van der Waals surface area contributed by atoms with Gasteiger partial charge in [-0.2, -0.15) is 0 Å². The monoisotopic (exact) mass is 359 g/mol. The second-order valence-corrected chi connectivity index (χ2v) is 6.88. The van der Waals surface area contributed by atoms with E-state index < -0.39 is 0 Å². The maximum Gasteiger partial charge on any atom is 0.253 e. The smallest absolute Gasteiger partial charge is 0.253 e. The van der Waals surface area contributed by atoms with E-state index in [1.54, 1.807) is 19.0 Å². The van der Waals surface area contributed by atoms with E-state index in [1.807, 2.05) is 24.3 Å². The van der Waals surface area contributed by atoms with Crippen LogP contribution in [0.2, 0.25) is 0 Å². The summed E-state index contributed by atoms with van der Waals surface area (Å²) in [6.07, 6.45) is 2.68. The van der Waals surface area contributed by atoms with Gasteiger partial charge in [-0.05, 0) is 44.0 Å². The highest BCUT2D eigenvalue weighted by Gasteiger charge is 2.27. The molecule has 1 aliphatic carbocycles. The summed E-state index contributed by atoms with van der Waals surface area (Å²) in [6, 6.07) is 8.46. The van der Waals surface area contributed by atoms with E-state index in [1.165, 1.54) is 12.8 Å². The lowest BCUT2D eigenvalue weighted by Gasteiger charge is -2.20. The Labute approximate surface area is 157 Å². The predicted octanol–water partition coefficient (Wildman–Crippen LogP) is 1.93. The molecular weight excluding hydrogens is 326 g/mol. The molecule has 0 saturated heterocycles. The standard InChI is InChI=1S/C20H33N5O/c1-5-21-20(22-13-14-25(6-2)18-11-12-18)23-15-16-7-9-17(10-8-16)19(26)24(3)4/h7-10,18H,5-6,11-15H2,1-4H3,(H2,21,22,23). The third-order valence-electron chi connectivity index (χ3n) is 4.53. The number of hydrogen-bond donors (Lipinski definition) is 2. The van der Waals surface area contributed by atoms with Crippen LogP contribution in [0, 0.1) is 0 Å². The fraction of sp³-hybridized carbons (Fsp3) is 0.600. The van der Waals surface area contributed by atoms with E-state index in [9.17, 15) is 4.79 Å². The largest absolute Gasteiger partial charge is 0.357 e. The summed E-state index contributed by atoms with van der Waals surface area (Å²) in [5.41, 5.74) is 1.79. The molecule has 2 rings (SSSR count). The van der Waals surface area contributed by atoms with Gasteiger partial charge >= 0.3 is 0 Å².